The van der Waals surface area contributed by atoms with Crippen LogP contribution in [0.4, 0.5) is 11.4 Å². The summed E-state index contributed by atoms with van der Waals surface area (Å²) in [5.41, 5.74) is 2.46. The molecule has 11 nitrogen and oxygen atoms in total. The fraction of sp³-hybridized carbons (Fsp3) is 0.360. The standard InChI is InChI=1S/C25H25BrN6O5/c1-25(2)36-22-21(33)19(35-24(22)37-25)13-31-11-16(28-30-31)12-32-18-6-4-3-5-17(18)20(23(32)34)29-27-15-9-7-14(26)8-10-15/h3-11,19,21-22,24,33-34H,12-13H2,1-2H3/t19-,21+,22-,24-/m1/s1. The number of rotatable bonds is 6. The molecule has 2 aliphatic rings. The van der Waals surface area contributed by atoms with Crippen LogP contribution in [0.2, 0.25) is 0 Å². The zero-order valence-electron chi connectivity index (χ0n) is 20.1. The van der Waals surface area contributed by atoms with Gasteiger partial charge < -0.3 is 29.0 Å². The Morgan fingerprint density at radius 3 is 2.65 bits per heavy atom. The van der Waals surface area contributed by atoms with Crippen molar-refractivity contribution in [2.45, 2.75) is 57.3 Å². The summed E-state index contributed by atoms with van der Waals surface area (Å²) < 4.78 is 21.6. The molecule has 2 aromatic carbocycles. The Bertz CT molecular complexity index is 1470. The van der Waals surface area contributed by atoms with Crippen molar-refractivity contribution in [1.82, 2.24) is 19.6 Å². The lowest BCUT2D eigenvalue weighted by atomic mass is 10.1. The second-order valence-electron chi connectivity index (χ2n) is 9.52. The largest absolute Gasteiger partial charge is 0.493 e. The third-order valence-corrected chi connectivity index (χ3v) is 6.93. The van der Waals surface area contributed by atoms with Crippen molar-refractivity contribution in [3.63, 3.8) is 0 Å². The van der Waals surface area contributed by atoms with Crippen molar-refractivity contribution in [3.8, 4) is 5.88 Å². The van der Waals surface area contributed by atoms with Gasteiger partial charge in [-0.05, 0) is 44.2 Å². The van der Waals surface area contributed by atoms with Crippen molar-refractivity contribution in [3.05, 3.63) is 64.9 Å². The highest BCUT2D eigenvalue weighted by Crippen LogP contribution is 2.40. The Hall–Kier alpha value is -3.16. The molecule has 4 heterocycles. The van der Waals surface area contributed by atoms with E-state index in [1.807, 2.05) is 48.5 Å². The van der Waals surface area contributed by atoms with Gasteiger partial charge in [-0.2, -0.15) is 5.11 Å². The second kappa shape index (κ2) is 9.30. The van der Waals surface area contributed by atoms with E-state index in [1.165, 1.54) is 0 Å². The zero-order valence-corrected chi connectivity index (χ0v) is 21.7. The van der Waals surface area contributed by atoms with Crippen LogP contribution in [-0.4, -0.2) is 60.2 Å². The molecular formula is C25H25BrN6O5. The van der Waals surface area contributed by atoms with Gasteiger partial charge in [-0.25, -0.2) is 4.68 Å². The maximum atomic E-state index is 11.1. The van der Waals surface area contributed by atoms with E-state index in [4.69, 9.17) is 14.2 Å². The Balaban J connectivity index is 1.21. The summed E-state index contributed by atoms with van der Waals surface area (Å²) in [6.07, 6.45) is -0.808. The Morgan fingerprint density at radius 1 is 1.08 bits per heavy atom. The molecule has 4 aromatic rings. The molecule has 0 aliphatic carbocycles. The van der Waals surface area contributed by atoms with E-state index in [9.17, 15) is 10.2 Å². The van der Waals surface area contributed by atoms with Gasteiger partial charge in [-0.1, -0.05) is 39.3 Å². The third kappa shape index (κ3) is 4.66. The van der Waals surface area contributed by atoms with Crippen molar-refractivity contribution in [1.29, 1.82) is 0 Å². The number of ether oxygens (including phenoxy) is 3. The molecule has 2 N–H and O–H groups in total. The van der Waals surface area contributed by atoms with Gasteiger partial charge in [0.2, 0.25) is 5.88 Å². The van der Waals surface area contributed by atoms with Crippen LogP contribution in [0.3, 0.4) is 0 Å². The Morgan fingerprint density at radius 2 is 1.86 bits per heavy atom. The molecule has 0 radical (unpaired) electrons. The molecule has 0 unspecified atom stereocenters. The highest BCUT2D eigenvalue weighted by molar-refractivity contribution is 9.10. The van der Waals surface area contributed by atoms with Crippen LogP contribution in [0, 0.1) is 0 Å². The van der Waals surface area contributed by atoms with Crippen LogP contribution in [0.5, 0.6) is 5.88 Å². The van der Waals surface area contributed by atoms with E-state index < -0.39 is 30.4 Å². The van der Waals surface area contributed by atoms with Crippen LogP contribution in [-0.2, 0) is 27.3 Å². The molecule has 12 heteroatoms. The van der Waals surface area contributed by atoms with E-state index >= 15 is 0 Å². The van der Waals surface area contributed by atoms with Crippen LogP contribution in [0.15, 0.2) is 69.4 Å². The highest BCUT2D eigenvalue weighted by atomic mass is 79.9. The van der Waals surface area contributed by atoms with Gasteiger partial charge in [0.1, 0.15) is 24.0 Å². The van der Waals surface area contributed by atoms with Crippen LogP contribution >= 0.6 is 15.9 Å². The number of fused-ring (bicyclic) bond motifs is 2. The average Bonchev–Trinajstić information content (AvgIpc) is 3.58. The number of aromatic hydroxyl groups is 1. The Labute approximate surface area is 220 Å². The fourth-order valence-electron chi connectivity index (χ4n) is 4.70. The van der Waals surface area contributed by atoms with Gasteiger partial charge in [-0.3, -0.25) is 0 Å². The predicted octanol–water partition coefficient (Wildman–Crippen LogP) is 4.40. The monoisotopic (exact) mass is 568 g/mol. The summed E-state index contributed by atoms with van der Waals surface area (Å²) in [4.78, 5) is 0. The minimum Gasteiger partial charge on any atom is -0.493 e. The number of azo groups is 1. The second-order valence-corrected chi connectivity index (χ2v) is 10.4. The van der Waals surface area contributed by atoms with E-state index in [1.54, 1.807) is 29.3 Å². The number of hydrogen-bond acceptors (Lipinski definition) is 9. The molecule has 0 saturated carbocycles. The van der Waals surface area contributed by atoms with Gasteiger partial charge >= 0.3 is 0 Å². The van der Waals surface area contributed by atoms with E-state index in [0.717, 1.165) is 15.4 Å². The zero-order chi connectivity index (χ0) is 25.7. The SMILES string of the molecule is CC1(C)O[C@H]2O[C@H](Cn3cc(Cn4c(O)c(N=Nc5ccc(Br)cc5)c5ccccc54)nn3)[C@H](O)[C@H]2O1. The molecule has 0 spiro atoms. The maximum absolute atomic E-state index is 11.1. The normalized spacial score (nSPS) is 24.9. The lowest BCUT2D eigenvalue weighted by Crippen LogP contribution is -2.36. The molecule has 0 bridgehead atoms. The van der Waals surface area contributed by atoms with Crippen LogP contribution in [0.25, 0.3) is 10.9 Å². The fourth-order valence-corrected chi connectivity index (χ4v) is 4.97. The number of aromatic nitrogens is 4. The number of halogens is 1. The summed E-state index contributed by atoms with van der Waals surface area (Å²) in [6, 6.07) is 15.0. The molecule has 6 rings (SSSR count). The summed E-state index contributed by atoms with van der Waals surface area (Å²) in [5.74, 6) is -0.809. The van der Waals surface area contributed by atoms with Gasteiger partial charge in [0.05, 0.1) is 30.5 Å². The number of hydrogen-bond donors (Lipinski definition) is 2. The Kier molecular flexibility index (Phi) is 6.08. The van der Waals surface area contributed by atoms with Gasteiger partial charge in [0.25, 0.3) is 0 Å². The number of aliphatic hydroxyl groups excluding tert-OH is 1. The number of aliphatic hydroxyl groups is 1. The molecule has 192 valence electrons. The summed E-state index contributed by atoms with van der Waals surface area (Å²) in [5, 5.41) is 39.6. The molecule has 2 aromatic heterocycles. The molecule has 2 saturated heterocycles. The van der Waals surface area contributed by atoms with Gasteiger partial charge in [0, 0.05) is 9.86 Å². The lowest BCUT2D eigenvalue weighted by Gasteiger charge is -2.22. The number of benzene rings is 2. The predicted molar refractivity (Wildman–Crippen MR) is 136 cm³/mol. The summed E-state index contributed by atoms with van der Waals surface area (Å²) in [6.45, 7) is 4.11. The van der Waals surface area contributed by atoms with Crippen molar-refractivity contribution >= 4 is 38.2 Å². The minimum absolute atomic E-state index is 0.0177. The number of para-hydroxylation sites is 1. The summed E-state index contributed by atoms with van der Waals surface area (Å²) in [7, 11) is 0. The average molecular weight is 569 g/mol. The van der Waals surface area contributed by atoms with Crippen molar-refractivity contribution < 1.29 is 24.4 Å². The first-order valence-corrected chi connectivity index (χ1v) is 12.6. The lowest BCUT2D eigenvalue weighted by molar-refractivity contribution is -0.216. The highest BCUT2D eigenvalue weighted by Gasteiger charge is 2.54. The van der Waals surface area contributed by atoms with Crippen molar-refractivity contribution in [2.75, 3.05) is 0 Å². The molecule has 2 aliphatic heterocycles. The molecule has 2 fully saturated rings. The maximum Gasteiger partial charge on any atom is 0.221 e. The van der Waals surface area contributed by atoms with E-state index in [0.29, 0.717) is 17.1 Å². The first-order valence-electron chi connectivity index (χ1n) is 11.8. The molecule has 4 atom stereocenters. The third-order valence-electron chi connectivity index (χ3n) is 6.40. The van der Waals surface area contributed by atoms with Crippen LogP contribution < -0.4 is 0 Å². The van der Waals surface area contributed by atoms with Crippen molar-refractivity contribution in [2.24, 2.45) is 10.2 Å². The smallest absolute Gasteiger partial charge is 0.221 e. The minimum atomic E-state index is -0.851. The molecule has 37 heavy (non-hydrogen) atoms. The molecular weight excluding hydrogens is 544 g/mol. The topological polar surface area (TPSA) is 129 Å². The molecule has 0 amide bonds. The first-order chi connectivity index (χ1) is 17.8. The van der Waals surface area contributed by atoms with E-state index in [2.05, 4.69) is 36.5 Å². The van der Waals surface area contributed by atoms with E-state index in [-0.39, 0.29) is 19.0 Å². The van der Waals surface area contributed by atoms with Crippen LogP contribution in [0.1, 0.15) is 19.5 Å². The quantitative estimate of drug-likeness (QED) is 0.330. The first kappa shape index (κ1) is 24.2. The number of nitrogens with zero attached hydrogens (tertiary/aromatic N) is 6. The van der Waals surface area contributed by atoms with Gasteiger partial charge in [-0.15, -0.1) is 10.2 Å². The van der Waals surface area contributed by atoms with Gasteiger partial charge in [0.15, 0.2) is 17.8 Å². The summed E-state index contributed by atoms with van der Waals surface area (Å²) >= 11 is 3.41.